The minimum absolute atomic E-state index is 0.332. The molecule has 0 aliphatic heterocycles. The fourth-order valence-electron chi connectivity index (χ4n) is 1.59. The zero-order valence-corrected chi connectivity index (χ0v) is 13.5. The molecular weight excluding hydrogens is 383 g/mol. The van der Waals surface area contributed by atoms with Crippen molar-refractivity contribution in [3.05, 3.63) is 50.8 Å². The molecule has 1 aromatic carbocycles. The summed E-state index contributed by atoms with van der Waals surface area (Å²) in [6.45, 7) is 2.59. The first-order valence-corrected chi connectivity index (χ1v) is 7.45. The average molecular weight is 394 g/mol. The Morgan fingerprint density at radius 1 is 1.28 bits per heavy atom. The van der Waals surface area contributed by atoms with Crippen LogP contribution < -0.4 is 4.74 Å². The molecule has 1 aromatic heterocycles. The van der Waals surface area contributed by atoms with E-state index in [0.29, 0.717) is 17.0 Å². The number of alkyl halides is 1. The van der Waals surface area contributed by atoms with Gasteiger partial charge >= 0.3 is 0 Å². The highest BCUT2D eigenvalue weighted by atomic mass is 79.9. The molecule has 0 saturated heterocycles. The third kappa shape index (κ3) is 3.11. The second-order valence-corrected chi connectivity index (χ2v) is 5.69. The molecule has 5 heteroatoms. The largest absolute Gasteiger partial charge is 0.494 e. The predicted molar refractivity (Wildman–Crippen MR) is 79.4 cm³/mol. The van der Waals surface area contributed by atoms with E-state index in [0.717, 1.165) is 15.8 Å². The van der Waals surface area contributed by atoms with Crippen LogP contribution in [0.4, 0.5) is 0 Å². The smallest absolute Gasteiger partial charge is 0.169 e. The Balaban J connectivity index is 2.28. The molecule has 0 aliphatic carbocycles. The van der Waals surface area contributed by atoms with Crippen molar-refractivity contribution in [1.29, 1.82) is 0 Å². The Morgan fingerprint density at radius 3 is 2.61 bits per heavy atom. The van der Waals surface area contributed by atoms with Crippen molar-refractivity contribution >= 4 is 43.5 Å². The number of benzene rings is 1. The van der Waals surface area contributed by atoms with Gasteiger partial charge in [0.25, 0.3) is 0 Å². The molecule has 2 rings (SSSR count). The van der Waals surface area contributed by atoms with Crippen molar-refractivity contribution in [2.45, 2.75) is 12.3 Å². The molecule has 1 atom stereocenters. The van der Waals surface area contributed by atoms with Gasteiger partial charge in [-0.3, -0.25) is 0 Å². The summed E-state index contributed by atoms with van der Waals surface area (Å²) in [7, 11) is 0. The standard InChI is InChI=1S/C13H11Br2ClO2/c1-2-17-8-3-4-9(10(14)7-8)13(16)11-5-6-12(15)18-11/h3-7,13H,2H2,1H3. The van der Waals surface area contributed by atoms with Crippen LogP contribution in [-0.4, -0.2) is 6.61 Å². The van der Waals surface area contributed by atoms with Gasteiger partial charge in [0.15, 0.2) is 4.67 Å². The minimum Gasteiger partial charge on any atom is -0.494 e. The lowest BCUT2D eigenvalue weighted by Crippen LogP contribution is -1.95. The second kappa shape index (κ2) is 6.13. The van der Waals surface area contributed by atoms with Gasteiger partial charge in [0.1, 0.15) is 16.9 Å². The monoisotopic (exact) mass is 392 g/mol. The third-order valence-corrected chi connectivity index (χ3v) is 3.96. The molecule has 2 nitrogen and oxygen atoms in total. The molecule has 0 aliphatic rings. The summed E-state index contributed by atoms with van der Waals surface area (Å²) in [6.07, 6.45) is 0. The lowest BCUT2D eigenvalue weighted by Gasteiger charge is -2.11. The van der Waals surface area contributed by atoms with E-state index >= 15 is 0 Å². The van der Waals surface area contributed by atoms with E-state index in [9.17, 15) is 0 Å². The van der Waals surface area contributed by atoms with Crippen molar-refractivity contribution in [2.24, 2.45) is 0 Å². The van der Waals surface area contributed by atoms with Crippen LogP contribution in [-0.2, 0) is 0 Å². The van der Waals surface area contributed by atoms with Gasteiger partial charge in [-0.25, -0.2) is 0 Å². The van der Waals surface area contributed by atoms with E-state index in [1.165, 1.54) is 0 Å². The molecule has 0 spiro atoms. The fourth-order valence-corrected chi connectivity index (χ4v) is 2.93. The lowest BCUT2D eigenvalue weighted by molar-refractivity contribution is 0.340. The van der Waals surface area contributed by atoms with E-state index in [1.807, 2.05) is 37.3 Å². The van der Waals surface area contributed by atoms with Crippen LogP contribution >= 0.6 is 43.5 Å². The zero-order chi connectivity index (χ0) is 13.1. The summed E-state index contributed by atoms with van der Waals surface area (Å²) < 4.78 is 12.5. The van der Waals surface area contributed by atoms with Gasteiger partial charge in [0, 0.05) is 4.47 Å². The summed E-state index contributed by atoms with van der Waals surface area (Å²) in [5, 5.41) is -0.332. The molecule has 0 fully saturated rings. The van der Waals surface area contributed by atoms with Crippen molar-refractivity contribution in [2.75, 3.05) is 6.61 Å². The van der Waals surface area contributed by atoms with Crippen molar-refractivity contribution in [1.82, 2.24) is 0 Å². The van der Waals surface area contributed by atoms with E-state index in [-0.39, 0.29) is 5.38 Å². The van der Waals surface area contributed by atoms with Gasteiger partial charge in [0.05, 0.1) is 6.61 Å². The minimum atomic E-state index is -0.332. The Labute approximate surface area is 128 Å². The zero-order valence-electron chi connectivity index (χ0n) is 9.62. The molecule has 0 N–H and O–H groups in total. The average Bonchev–Trinajstić information content (AvgIpc) is 2.76. The Kier molecular flexibility index (Phi) is 4.76. The molecule has 1 unspecified atom stereocenters. The number of ether oxygens (including phenoxy) is 1. The van der Waals surface area contributed by atoms with E-state index < -0.39 is 0 Å². The van der Waals surface area contributed by atoms with Crippen LogP contribution in [0.1, 0.15) is 23.6 Å². The van der Waals surface area contributed by atoms with Gasteiger partial charge in [0.2, 0.25) is 0 Å². The SMILES string of the molecule is CCOc1ccc(C(Cl)c2ccc(Br)o2)c(Br)c1. The van der Waals surface area contributed by atoms with Crippen LogP contribution in [0.2, 0.25) is 0 Å². The van der Waals surface area contributed by atoms with Crippen LogP contribution in [0.3, 0.4) is 0 Å². The van der Waals surface area contributed by atoms with Gasteiger partial charge < -0.3 is 9.15 Å². The molecule has 0 bridgehead atoms. The Hall–Kier alpha value is -0.450. The molecule has 0 amide bonds. The fraction of sp³-hybridized carbons (Fsp3) is 0.231. The predicted octanol–water partition coefficient (Wildman–Crippen LogP) is 5.53. The molecule has 0 radical (unpaired) electrons. The van der Waals surface area contributed by atoms with Crippen LogP contribution in [0.15, 0.2) is 43.9 Å². The van der Waals surface area contributed by atoms with Crippen LogP contribution in [0, 0.1) is 0 Å². The third-order valence-electron chi connectivity index (χ3n) is 2.40. The summed E-state index contributed by atoms with van der Waals surface area (Å²) >= 11 is 13.2. The topological polar surface area (TPSA) is 22.4 Å². The van der Waals surface area contributed by atoms with Gasteiger partial charge in [-0.1, -0.05) is 22.0 Å². The van der Waals surface area contributed by atoms with Gasteiger partial charge in [-0.2, -0.15) is 0 Å². The normalized spacial score (nSPS) is 12.4. The first-order chi connectivity index (χ1) is 8.61. The molecule has 0 saturated carbocycles. The summed E-state index contributed by atoms with van der Waals surface area (Å²) in [6, 6.07) is 9.42. The van der Waals surface area contributed by atoms with Crippen molar-refractivity contribution < 1.29 is 9.15 Å². The van der Waals surface area contributed by atoms with Crippen molar-refractivity contribution in [3.8, 4) is 5.75 Å². The molecular formula is C13H11Br2ClO2. The highest BCUT2D eigenvalue weighted by molar-refractivity contribution is 9.10. The quantitative estimate of drug-likeness (QED) is 0.636. The number of hydrogen-bond donors (Lipinski definition) is 0. The maximum absolute atomic E-state index is 6.39. The number of halogens is 3. The van der Waals surface area contributed by atoms with Crippen LogP contribution in [0.25, 0.3) is 0 Å². The highest BCUT2D eigenvalue weighted by Crippen LogP contribution is 2.37. The first kappa shape index (κ1) is 14.0. The van der Waals surface area contributed by atoms with E-state index in [4.69, 9.17) is 20.8 Å². The van der Waals surface area contributed by atoms with E-state index in [1.54, 1.807) is 0 Å². The summed E-state index contributed by atoms with van der Waals surface area (Å²) in [5.41, 5.74) is 0.946. The molecule has 96 valence electrons. The molecule has 18 heavy (non-hydrogen) atoms. The number of hydrogen-bond acceptors (Lipinski definition) is 2. The van der Waals surface area contributed by atoms with Crippen molar-refractivity contribution in [3.63, 3.8) is 0 Å². The van der Waals surface area contributed by atoms with Crippen LogP contribution in [0.5, 0.6) is 5.75 Å². The lowest BCUT2D eigenvalue weighted by atomic mass is 10.1. The van der Waals surface area contributed by atoms with E-state index in [2.05, 4.69) is 31.9 Å². The maximum Gasteiger partial charge on any atom is 0.169 e. The first-order valence-electron chi connectivity index (χ1n) is 5.43. The Morgan fingerprint density at radius 2 is 2.06 bits per heavy atom. The molecule has 2 aromatic rings. The number of rotatable bonds is 4. The summed E-state index contributed by atoms with van der Waals surface area (Å²) in [5.74, 6) is 1.52. The summed E-state index contributed by atoms with van der Waals surface area (Å²) in [4.78, 5) is 0. The molecule has 1 heterocycles. The van der Waals surface area contributed by atoms with Gasteiger partial charge in [-0.05, 0) is 52.7 Å². The number of furan rings is 1. The maximum atomic E-state index is 6.39. The second-order valence-electron chi connectivity index (χ2n) is 3.62. The highest BCUT2D eigenvalue weighted by Gasteiger charge is 2.17. The van der Waals surface area contributed by atoms with Gasteiger partial charge in [-0.15, -0.1) is 11.6 Å². The Bertz CT molecular complexity index is 540.